The van der Waals surface area contributed by atoms with Crippen molar-refractivity contribution in [2.24, 2.45) is 0 Å². The van der Waals surface area contributed by atoms with Crippen LogP contribution < -0.4 is 5.32 Å². The van der Waals surface area contributed by atoms with E-state index >= 15 is 0 Å². The van der Waals surface area contributed by atoms with Crippen LogP contribution in [0.15, 0.2) is 42.2 Å². The molecule has 0 saturated heterocycles. The van der Waals surface area contributed by atoms with Gasteiger partial charge in [0.1, 0.15) is 11.2 Å². The number of hydrogen-bond donors (Lipinski definition) is 1. The van der Waals surface area contributed by atoms with Gasteiger partial charge in [-0.1, -0.05) is 17.4 Å². The van der Waals surface area contributed by atoms with Crippen molar-refractivity contribution in [3.8, 4) is 0 Å². The number of nitrogens with one attached hydrogen (secondary N) is 1. The molecule has 22 heavy (non-hydrogen) atoms. The van der Waals surface area contributed by atoms with E-state index < -0.39 is 0 Å². The van der Waals surface area contributed by atoms with E-state index in [1.807, 2.05) is 31.3 Å². The van der Waals surface area contributed by atoms with Crippen LogP contribution in [-0.2, 0) is 0 Å². The first kappa shape index (κ1) is 13.0. The maximum Gasteiger partial charge on any atom is 0.270 e. The first-order chi connectivity index (χ1) is 10.7. The van der Waals surface area contributed by atoms with Gasteiger partial charge in [-0.15, -0.1) is 0 Å². The monoisotopic (exact) mass is 312 g/mol. The summed E-state index contributed by atoms with van der Waals surface area (Å²) in [6, 6.07) is 7.13. The summed E-state index contributed by atoms with van der Waals surface area (Å²) in [4.78, 5) is 17.7. The number of imidazole rings is 1. The molecule has 0 saturated carbocycles. The lowest BCUT2D eigenvalue weighted by Gasteiger charge is -2.12. The van der Waals surface area contributed by atoms with E-state index in [2.05, 4.69) is 20.5 Å². The van der Waals surface area contributed by atoms with Crippen molar-refractivity contribution in [2.75, 3.05) is 0 Å². The Balaban J connectivity index is 1.61. The summed E-state index contributed by atoms with van der Waals surface area (Å²) >= 11 is 1.46. The zero-order chi connectivity index (χ0) is 15.1. The molecule has 0 aromatic carbocycles. The van der Waals surface area contributed by atoms with Gasteiger partial charge >= 0.3 is 0 Å². The molecule has 0 bridgehead atoms. The maximum absolute atomic E-state index is 12.5. The van der Waals surface area contributed by atoms with Gasteiger partial charge < -0.3 is 5.32 Å². The summed E-state index contributed by atoms with van der Waals surface area (Å²) in [5.41, 5.74) is 3.88. The van der Waals surface area contributed by atoms with Crippen LogP contribution >= 0.6 is 11.3 Å². The van der Waals surface area contributed by atoms with Crippen LogP contribution in [-0.4, -0.2) is 30.1 Å². The topological polar surface area (TPSA) is 76.6 Å². The third-order valence-electron chi connectivity index (χ3n) is 3.45. The quantitative estimate of drug-likeness (QED) is 0.627. The molecule has 4 aromatic heterocycles. The molecule has 0 unspecified atom stereocenters. The Hall–Kier alpha value is -2.74. The van der Waals surface area contributed by atoms with Crippen molar-refractivity contribution in [1.82, 2.24) is 29.5 Å². The lowest BCUT2D eigenvalue weighted by Crippen LogP contribution is -2.28. The smallest absolute Gasteiger partial charge is 0.270 e. The van der Waals surface area contributed by atoms with Crippen molar-refractivity contribution in [3.05, 3.63) is 53.6 Å². The highest BCUT2D eigenvalue weighted by molar-refractivity contribution is 7.14. The lowest BCUT2D eigenvalue weighted by atomic mass is 10.2. The molecule has 7 nitrogen and oxygen atoms in total. The van der Waals surface area contributed by atoms with E-state index in [1.165, 1.54) is 11.3 Å². The molecule has 8 heteroatoms. The van der Waals surface area contributed by atoms with E-state index in [1.54, 1.807) is 26.8 Å². The minimum absolute atomic E-state index is 0.189. The Bertz CT molecular complexity index is 939. The Morgan fingerprint density at radius 1 is 1.32 bits per heavy atom. The van der Waals surface area contributed by atoms with E-state index in [9.17, 15) is 4.79 Å². The molecule has 0 radical (unpaired) electrons. The number of aromatic nitrogens is 5. The summed E-state index contributed by atoms with van der Waals surface area (Å²) in [7, 11) is 0. The van der Waals surface area contributed by atoms with Crippen LogP contribution in [0.3, 0.4) is 0 Å². The molecule has 1 N–H and O–H groups in total. The van der Waals surface area contributed by atoms with Crippen LogP contribution in [0.2, 0.25) is 0 Å². The van der Waals surface area contributed by atoms with Crippen LogP contribution in [0.25, 0.3) is 10.5 Å². The summed E-state index contributed by atoms with van der Waals surface area (Å²) in [5, 5.41) is 11.3. The highest BCUT2D eigenvalue weighted by Crippen LogP contribution is 2.16. The van der Waals surface area contributed by atoms with Gasteiger partial charge in [0.15, 0.2) is 0 Å². The molecule has 1 atom stereocenters. The fourth-order valence-electron chi connectivity index (χ4n) is 2.33. The summed E-state index contributed by atoms with van der Waals surface area (Å²) in [5.74, 6) is -0.189. The SMILES string of the molecule is C[C@H](NC(=O)c1cccc2ccnn12)c1cn2ncsc2n1. The number of hydrogen-bond acceptors (Lipinski definition) is 5. The van der Waals surface area contributed by atoms with Crippen molar-refractivity contribution in [2.45, 2.75) is 13.0 Å². The normalized spacial score (nSPS) is 12.8. The molecule has 0 aliphatic heterocycles. The maximum atomic E-state index is 12.5. The summed E-state index contributed by atoms with van der Waals surface area (Å²) in [6.45, 7) is 1.90. The zero-order valence-electron chi connectivity index (χ0n) is 11.7. The van der Waals surface area contributed by atoms with Crippen molar-refractivity contribution in [1.29, 1.82) is 0 Å². The molecule has 0 spiro atoms. The first-order valence-electron chi connectivity index (χ1n) is 6.75. The third-order valence-corrected chi connectivity index (χ3v) is 4.14. The van der Waals surface area contributed by atoms with Crippen molar-refractivity contribution >= 4 is 27.7 Å². The largest absolute Gasteiger partial charge is 0.343 e. The second-order valence-corrected chi connectivity index (χ2v) is 5.72. The number of fused-ring (bicyclic) bond motifs is 2. The van der Waals surface area contributed by atoms with Crippen molar-refractivity contribution in [3.63, 3.8) is 0 Å². The molecule has 0 aliphatic carbocycles. The number of carbonyl (C=O) groups is 1. The molecule has 4 rings (SSSR count). The number of rotatable bonds is 3. The Morgan fingerprint density at radius 2 is 2.23 bits per heavy atom. The lowest BCUT2D eigenvalue weighted by molar-refractivity contribution is 0.0931. The molecule has 0 fully saturated rings. The fraction of sp³-hybridized carbons (Fsp3) is 0.143. The number of carbonyl (C=O) groups excluding carboxylic acids is 1. The Labute approximate surface area is 129 Å². The minimum atomic E-state index is -0.216. The minimum Gasteiger partial charge on any atom is -0.343 e. The van der Waals surface area contributed by atoms with Gasteiger partial charge in [-0.3, -0.25) is 4.79 Å². The van der Waals surface area contributed by atoms with Gasteiger partial charge in [0, 0.05) is 0 Å². The van der Waals surface area contributed by atoms with Gasteiger partial charge in [-0.05, 0) is 25.1 Å². The van der Waals surface area contributed by atoms with E-state index in [-0.39, 0.29) is 11.9 Å². The molecule has 4 heterocycles. The number of amides is 1. The second kappa shape index (κ2) is 4.92. The molecular weight excluding hydrogens is 300 g/mol. The van der Waals surface area contributed by atoms with Gasteiger partial charge in [-0.25, -0.2) is 14.0 Å². The second-order valence-electron chi connectivity index (χ2n) is 4.91. The van der Waals surface area contributed by atoms with E-state index in [4.69, 9.17) is 0 Å². The summed E-state index contributed by atoms with van der Waals surface area (Å²) in [6.07, 6.45) is 3.50. The molecule has 0 aliphatic rings. The predicted molar refractivity (Wildman–Crippen MR) is 81.9 cm³/mol. The average Bonchev–Trinajstić information content (AvgIpc) is 3.21. The van der Waals surface area contributed by atoms with Crippen LogP contribution in [0, 0.1) is 0 Å². The first-order valence-corrected chi connectivity index (χ1v) is 7.63. The number of pyridine rings is 1. The Morgan fingerprint density at radius 3 is 3.09 bits per heavy atom. The van der Waals surface area contributed by atoms with E-state index in [0.29, 0.717) is 5.69 Å². The predicted octanol–water partition coefficient (Wildman–Crippen LogP) is 1.93. The van der Waals surface area contributed by atoms with Crippen LogP contribution in [0.1, 0.15) is 29.1 Å². The van der Waals surface area contributed by atoms with Crippen LogP contribution in [0.5, 0.6) is 0 Å². The van der Waals surface area contributed by atoms with Gasteiger partial charge in [-0.2, -0.15) is 10.2 Å². The highest BCUT2D eigenvalue weighted by Gasteiger charge is 2.17. The molecule has 110 valence electrons. The van der Waals surface area contributed by atoms with Crippen molar-refractivity contribution < 1.29 is 4.79 Å². The van der Waals surface area contributed by atoms with Gasteiger partial charge in [0.2, 0.25) is 4.96 Å². The molecular formula is C14H12N6OS. The zero-order valence-corrected chi connectivity index (χ0v) is 12.5. The molecule has 1 amide bonds. The number of nitrogens with zero attached hydrogens (tertiary/aromatic N) is 5. The summed E-state index contributed by atoms with van der Waals surface area (Å²) < 4.78 is 3.33. The fourth-order valence-corrected chi connectivity index (χ4v) is 2.94. The van der Waals surface area contributed by atoms with Gasteiger partial charge in [0.05, 0.1) is 29.6 Å². The third kappa shape index (κ3) is 2.04. The van der Waals surface area contributed by atoms with E-state index in [0.717, 1.165) is 16.2 Å². The Kier molecular flexibility index (Phi) is 2.90. The highest BCUT2D eigenvalue weighted by atomic mass is 32.1. The van der Waals surface area contributed by atoms with Gasteiger partial charge in [0.25, 0.3) is 5.91 Å². The standard InChI is InChI=1S/C14H12N6OS/c1-9(11-7-19-14(18-11)22-8-16-19)17-13(21)12-4-2-3-10-5-6-15-20(10)12/h2-9H,1H3,(H,17,21)/t9-/m0/s1. The van der Waals surface area contributed by atoms with Crippen LogP contribution in [0.4, 0.5) is 0 Å². The molecule has 4 aromatic rings. The average molecular weight is 312 g/mol.